The van der Waals surface area contributed by atoms with Gasteiger partial charge in [0.05, 0.1) is 23.3 Å². The number of hydrogen-bond donors (Lipinski definition) is 0. The lowest BCUT2D eigenvalue weighted by Crippen LogP contribution is -2.06. The average molecular weight is 300 g/mol. The third-order valence-corrected chi connectivity index (χ3v) is 4.32. The fourth-order valence-electron chi connectivity index (χ4n) is 2.45. The maximum Gasteiger partial charge on any atom is 0.182 e. The second-order valence-corrected chi connectivity index (χ2v) is 5.54. The molecule has 0 aliphatic carbocycles. The molecule has 0 aliphatic heterocycles. The zero-order valence-corrected chi connectivity index (χ0v) is 12.9. The van der Waals surface area contributed by atoms with Gasteiger partial charge in [-0.1, -0.05) is 29.6 Å². The fraction of sp³-hybridized carbons (Fsp3) is 0.333. The number of fused-ring (bicyclic) bond motifs is 1. The molecular formula is C15H16N4OS. The van der Waals surface area contributed by atoms with Gasteiger partial charge >= 0.3 is 0 Å². The Labute approximate surface area is 126 Å². The summed E-state index contributed by atoms with van der Waals surface area (Å²) >= 11 is 1.17. The summed E-state index contributed by atoms with van der Waals surface area (Å²) in [4.78, 5) is 13.1. The average Bonchev–Trinajstić information content (AvgIpc) is 3.12. The molecule has 0 fully saturated rings. The highest BCUT2D eigenvalue weighted by Gasteiger charge is 2.19. The number of Topliss-reactive ketones (excluding diaryl/α,β-unsaturated/α-hetero) is 1. The molecule has 0 bridgehead atoms. The largest absolute Gasteiger partial charge is 0.293 e. The van der Waals surface area contributed by atoms with Gasteiger partial charge in [0.1, 0.15) is 4.88 Å². The van der Waals surface area contributed by atoms with Crippen molar-refractivity contribution in [3.05, 3.63) is 40.5 Å². The molecule has 5 nitrogen and oxygen atoms in total. The van der Waals surface area contributed by atoms with Crippen LogP contribution in [-0.4, -0.2) is 25.2 Å². The number of carbonyl (C=O) groups excluding carboxylic acids is 1. The first kappa shape index (κ1) is 13.9. The first-order chi connectivity index (χ1) is 10.2. The van der Waals surface area contributed by atoms with Gasteiger partial charge in [0.2, 0.25) is 0 Å². The number of hydrogen-bond acceptors (Lipinski definition) is 5. The minimum atomic E-state index is 0.0494. The molecule has 0 radical (unpaired) electrons. The Balaban J connectivity index is 1.97. The van der Waals surface area contributed by atoms with E-state index in [-0.39, 0.29) is 5.78 Å². The van der Waals surface area contributed by atoms with E-state index in [9.17, 15) is 4.79 Å². The molecule has 0 spiro atoms. The van der Waals surface area contributed by atoms with Crippen LogP contribution in [0.4, 0.5) is 0 Å². The van der Waals surface area contributed by atoms with E-state index < -0.39 is 0 Å². The van der Waals surface area contributed by atoms with Crippen LogP contribution < -0.4 is 0 Å². The van der Waals surface area contributed by atoms with E-state index in [0.29, 0.717) is 11.3 Å². The summed E-state index contributed by atoms with van der Waals surface area (Å²) in [5.41, 5.74) is 2.68. The minimum Gasteiger partial charge on any atom is -0.293 e. The van der Waals surface area contributed by atoms with Crippen molar-refractivity contribution in [2.24, 2.45) is 0 Å². The standard InChI is InChI=1S/C15H16N4OS/c1-3-11-15(21-18-16-11)14(20)9-12-10-7-5-6-8-13(10)19(4-2)17-12/h5-8H,3-4,9H2,1-2H3. The van der Waals surface area contributed by atoms with Crippen LogP contribution in [0.5, 0.6) is 0 Å². The summed E-state index contributed by atoms with van der Waals surface area (Å²) < 4.78 is 5.82. The number of ketones is 1. The van der Waals surface area contributed by atoms with Crippen LogP contribution in [0.15, 0.2) is 24.3 Å². The molecule has 0 saturated carbocycles. The van der Waals surface area contributed by atoms with Crippen molar-refractivity contribution in [1.82, 2.24) is 19.4 Å². The molecule has 0 unspecified atom stereocenters. The maximum atomic E-state index is 12.5. The van der Waals surface area contributed by atoms with Crippen molar-refractivity contribution in [1.29, 1.82) is 0 Å². The summed E-state index contributed by atoms with van der Waals surface area (Å²) in [6.45, 7) is 4.82. The fourth-order valence-corrected chi connectivity index (χ4v) is 3.14. The topological polar surface area (TPSA) is 60.7 Å². The van der Waals surface area contributed by atoms with Gasteiger partial charge in [0.15, 0.2) is 5.78 Å². The lowest BCUT2D eigenvalue weighted by Gasteiger charge is -1.97. The zero-order chi connectivity index (χ0) is 14.8. The SMILES string of the molecule is CCc1nnsc1C(=O)Cc1nn(CC)c2ccccc12. The molecule has 3 rings (SSSR count). The van der Waals surface area contributed by atoms with E-state index in [4.69, 9.17) is 0 Å². The molecule has 0 aliphatic rings. The third-order valence-electron chi connectivity index (χ3n) is 3.51. The molecule has 1 aromatic carbocycles. The van der Waals surface area contributed by atoms with Gasteiger partial charge < -0.3 is 0 Å². The summed E-state index contributed by atoms with van der Waals surface area (Å²) in [5, 5.41) is 9.62. The molecule has 0 N–H and O–H groups in total. The van der Waals surface area contributed by atoms with Crippen molar-refractivity contribution in [3.8, 4) is 0 Å². The maximum absolute atomic E-state index is 12.5. The number of rotatable bonds is 5. The summed E-state index contributed by atoms with van der Waals surface area (Å²) in [6.07, 6.45) is 1.02. The monoisotopic (exact) mass is 300 g/mol. The van der Waals surface area contributed by atoms with Crippen LogP contribution >= 0.6 is 11.5 Å². The summed E-state index contributed by atoms with van der Waals surface area (Å²) in [6, 6.07) is 8.02. The predicted molar refractivity (Wildman–Crippen MR) is 82.7 cm³/mol. The molecule has 0 atom stereocenters. The first-order valence-electron chi connectivity index (χ1n) is 7.03. The van der Waals surface area contributed by atoms with Gasteiger partial charge in [-0.3, -0.25) is 9.48 Å². The molecule has 2 heterocycles. The van der Waals surface area contributed by atoms with Crippen LogP contribution in [0.25, 0.3) is 10.9 Å². The Morgan fingerprint density at radius 2 is 2.05 bits per heavy atom. The molecule has 0 saturated heterocycles. The lowest BCUT2D eigenvalue weighted by molar-refractivity contribution is 0.0995. The number of para-hydroxylation sites is 1. The molecule has 21 heavy (non-hydrogen) atoms. The highest BCUT2D eigenvalue weighted by Crippen LogP contribution is 2.21. The lowest BCUT2D eigenvalue weighted by atomic mass is 10.1. The van der Waals surface area contributed by atoms with Gasteiger partial charge in [-0.05, 0) is 30.9 Å². The zero-order valence-electron chi connectivity index (χ0n) is 12.0. The van der Waals surface area contributed by atoms with Crippen molar-refractivity contribution >= 4 is 28.2 Å². The van der Waals surface area contributed by atoms with Crippen LogP contribution in [-0.2, 0) is 19.4 Å². The Morgan fingerprint density at radius 1 is 1.24 bits per heavy atom. The van der Waals surface area contributed by atoms with Crippen LogP contribution in [0.1, 0.15) is 34.9 Å². The van der Waals surface area contributed by atoms with Gasteiger partial charge in [-0.15, -0.1) is 5.10 Å². The second kappa shape index (κ2) is 5.73. The Morgan fingerprint density at radius 3 is 2.81 bits per heavy atom. The minimum absolute atomic E-state index is 0.0494. The highest BCUT2D eigenvalue weighted by atomic mass is 32.1. The van der Waals surface area contributed by atoms with E-state index in [1.54, 1.807) is 0 Å². The van der Waals surface area contributed by atoms with Crippen molar-refractivity contribution in [2.45, 2.75) is 33.2 Å². The molecular weight excluding hydrogens is 284 g/mol. The molecule has 2 aromatic heterocycles. The van der Waals surface area contributed by atoms with Crippen molar-refractivity contribution in [2.75, 3.05) is 0 Å². The van der Waals surface area contributed by atoms with E-state index in [1.807, 2.05) is 42.8 Å². The normalized spacial score (nSPS) is 11.1. The van der Waals surface area contributed by atoms with Crippen LogP contribution in [0, 0.1) is 0 Å². The number of aryl methyl sites for hydroxylation is 2. The first-order valence-corrected chi connectivity index (χ1v) is 7.80. The van der Waals surface area contributed by atoms with Crippen molar-refractivity contribution in [3.63, 3.8) is 0 Å². The second-order valence-electron chi connectivity index (χ2n) is 4.78. The van der Waals surface area contributed by atoms with Gasteiger partial charge in [-0.25, -0.2) is 0 Å². The molecule has 3 aromatic rings. The number of benzene rings is 1. The molecule has 0 amide bonds. The van der Waals surface area contributed by atoms with E-state index >= 15 is 0 Å². The van der Waals surface area contributed by atoms with Gasteiger partial charge in [0.25, 0.3) is 0 Å². The van der Waals surface area contributed by atoms with Crippen LogP contribution in [0.2, 0.25) is 0 Å². The molecule has 6 heteroatoms. The van der Waals surface area contributed by atoms with Gasteiger partial charge in [0, 0.05) is 11.9 Å². The number of aromatic nitrogens is 4. The smallest absolute Gasteiger partial charge is 0.182 e. The Hall–Kier alpha value is -2.08. The Bertz CT molecular complexity index is 790. The highest BCUT2D eigenvalue weighted by molar-refractivity contribution is 7.08. The van der Waals surface area contributed by atoms with Crippen molar-refractivity contribution < 1.29 is 4.79 Å². The Kier molecular flexibility index (Phi) is 3.79. The van der Waals surface area contributed by atoms with E-state index in [0.717, 1.165) is 35.3 Å². The summed E-state index contributed by atoms with van der Waals surface area (Å²) in [5.74, 6) is 0.0494. The predicted octanol–water partition coefficient (Wildman–Crippen LogP) is 2.90. The van der Waals surface area contributed by atoms with Crippen LogP contribution in [0.3, 0.4) is 0 Å². The van der Waals surface area contributed by atoms with Gasteiger partial charge in [-0.2, -0.15) is 5.10 Å². The number of nitrogens with zero attached hydrogens (tertiary/aromatic N) is 4. The quantitative estimate of drug-likeness (QED) is 0.680. The molecule has 108 valence electrons. The number of carbonyl (C=O) groups is 1. The van der Waals surface area contributed by atoms with E-state index in [2.05, 4.69) is 14.7 Å². The third kappa shape index (κ3) is 2.47. The summed E-state index contributed by atoms with van der Waals surface area (Å²) in [7, 11) is 0. The van der Waals surface area contributed by atoms with E-state index in [1.165, 1.54) is 11.5 Å².